The topological polar surface area (TPSA) is 101 Å². The van der Waals surface area contributed by atoms with Crippen molar-refractivity contribution in [1.29, 1.82) is 0 Å². The van der Waals surface area contributed by atoms with Crippen molar-refractivity contribution in [3.05, 3.63) is 57.0 Å². The third-order valence-corrected chi connectivity index (χ3v) is 4.99. The second-order valence-corrected chi connectivity index (χ2v) is 7.08. The summed E-state index contributed by atoms with van der Waals surface area (Å²) in [6.45, 7) is 3.67. The number of carbonyl (C=O) groups excluding carboxylic acids is 1. The number of hydrogen-bond donors (Lipinski definition) is 2. The lowest BCUT2D eigenvalue weighted by Gasteiger charge is -2.12. The molecule has 0 aliphatic carbocycles. The first-order chi connectivity index (χ1) is 12.9. The number of aryl methyl sites for hydroxylation is 2. The maximum atomic E-state index is 12.9. The summed E-state index contributed by atoms with van der Waals surface area (Å²) in [4.78, 5) is 41.6. The van der Waals surface area contributed by atoms with Crippen LogP contribution in [0.5, 0.6) is 0 Å². The molecule has 0 aliphatic heterocycles. The number of carboxylic acid groups (broad SMARTS) is 1. The van der Waals surface area contributed by atoms with Gasteiger partial charge < -0.3 is 10.4 Å². The Bertz CT molecular complexity index is 1070. The fourth-order valence-corrected chi connectivity index (χ4v) is 3.70. The molecule has 3 rings (SSSR count). The van der Waals surface area contributed by atoms with Gasteiger partial charge in [-0.05, 0) is 25.5 Å². The average Bonchev–Trinajstić information content (AvgIpc) is 3.05. The predicted octanol–water partition coefficient (Wildman–Crippen LogP) is 3.06. The number of amides is 1. The van der Waals surface area contributed by atoms with E-state index in [-0.39, 0.29) is 23.4 Å². The maximum Gasteiger partial charge on any atom is 0.337 e. The Hall–Kier alpha value is -3.00. The van der Waals surface area contributed by atoms with E-state index in [0.29, 0.717) is 22.8 Å². The molecule has 0 radical (unpaired) electrons. The SMILES string of the molecule is CCCc1nc2scc(C(=O)O)c2c(=O)n1CC(=O)Nc1ccc(C)cc1. The van der Waals surface area contributed by atoms with Crippen LogP contribution in [-0.2, 0) is 17.8 Å². The van der Waals surface area contributed by atoms with Crippen molar-refractivity contribution in [2.75, 3.05) is 5.32 Å². The molecule has 0 fully saturated rings. The Morgan fingerprint density at radius 1 is 1.26 bits per heavy atom. The number of nitrogens with one attached hydrogen (secondary N) is 1. The van der Waals surface area contributed by atoms with Crippen LogP contribution in [0.15, 0.2) is 34.4 Å². The van der Waals surface area contributed by atoms with Crippen molar-refractivity contribution in [1.82, 2.24) is 9.55 Å². The van der Waals surface area contributed by atoms with E-state index in [2.05, 4.69) is 10.3 Å². The van der Waals surface area contributed by atoms with Gasteiger partial charge in [-0.15, -0.1) is 11.3 Å². The first-order valence-electron chi connectivity index (χ1n) is 8.51. The minimum atomic E-state index is -1.18. The standard InChI is InChI=1S/C19H19N3O4S/c1-3-4-14-21-17-16(13(10-27-17)19(25)26)18(24)22(14)9-15(23)20-12-7-5-11(2)6-8-12/h5-8,10H,3-4,9H2,1-2H3,(H,20,23)(H,25,26). The predicted molar refractivity (Wildman–Crippen MR) is 105 cm³/mol. The highest BCUT2D eigenvalue weighted by Crippen LogP contribution is 2.22. The maximum absolute atomic E-state index is 12.9. The summed E-state index contributed by atoms with van der Waals surface area (Å²) in [5, 5.41) is 13.5. The molecule has 0 unspecified atom stereocenters. The van der Waals surface area contributed by atoms with E-state index in [1.807, 2.05) is 26.0 Å². The lowest BCUT2D eigenvalue weighted by molar-refractivity contribution is -0.116. The van der Waals surface area contributed by atoms with Gasteiger partial charge in [-0.2, -0.15) is 0 Å². The van der Waals surface area contributed by atoms with Crippen LogP contribution in [0.1, 0.15) is 35.1 Å². The van der Waals surface area contributed by atoms with Crippen LogP contribution in [-0.4, -0.2) is 26.5 Å². The molecule has 0 spiro atoms. The van der Waals surface area contributed by atoms with Gasteiger partial charge in [-0.1, -0.05) is 24.6 Å². The Morgan fingerprint density at radius 3 is 2.59 bits per heavy atom. The Morgan fingerprint density at radius 2 is 1.96 bits per heavy atom. The van der Waals surface area contributed by atoms with Crippen molar-refractivity contribution in [2.24, 2.45) is 0 Å². The van der Waals surface area contributed by atoms with Gasteiger partial charge in [-0.3, -0.25) is 14.2 Å². The normalized spacial score (nSPS) is 10.9. The molecule has 0 saturated heterocycles. The number of hydrogen-bond acceptors (Lipinski definition) is 5. The number of anilines is 1. The zero-order valence-electron chi connectivity index (χ0n) is 15.0. The molecule has 140 valence electrons. The highest BCUT2D eigenvalue weighted by atomic mass is 32.1. The fraction of sp³-hybridized carbons (Fsp3) is 0.263. The number of aromatic carboxylic acids is 1. The van der Waals surface area contributed by atoms with E-state index in [9.17, 15) is 19.5 Å². The van der Waals surface area contributed by atoms with Gasteiger partial charge in [0.05, 0.1) is 10.9 Å². The molecule has 0 aliphatic rings. The number of aromatic nitrogens is 2. The second kappa shape index (κ2) is 7.71. The van der Waals surface area contributed by atoms with E-state index in [1.165, 1.54) is 9.95 Å². The summed E-state index contributed by atoms with van der Waals surface area (Å²) in [5.41, 5.74) is 1.12. The van der Waals surface area contributed by atoms with E-state index >= 15 is 0 Å². The van der Waals surface area contributed by atoms with Crippen LogP contribution < -0.4 is 10.9 Å². The summed E-state index contributed by atoms with van der Waals surface area (Å²) in [6.07, 6.45) is 1.26. The number of fused-ring (bicyclic) bond motifs is 1. The smallest absolute Gasteiger partial charge is 0.337 e. The molecular weight excluding hydrogens is 366 g/mol. The lowest BCUT2D eigenvalue weighted by Crippen LogP contribution is -2.31. The van der Waals surface area contributed by atoms with Gasteiger partial charge in [0.1, 0.15) is 17.2 Å². The first kappa shape index (κ1) is 18.8. The highest BCUT2D eigenvalue weighted by Gasteiger charge is 2.20. The fourth-order valence-electron chi connectivity index (χ4n) is 2.78. The average molecular weight is 385 g/mol. The first-order valence-corrected chi connectivity index (χ1v) is 9.39. The molecule has 2 N–H and O–H groups in total. The zero-order chi connectivity index (χ0) is 19.6. The van der Waals surface area contributed by atoms with Crippen molar-refractivity contribution in [3.8, 4) is 0 Å². The van der Waals surface area contributed by atoms with Gasteiger partial charge >= 0.3 is 5.97 Å². The van der Waals surface area contributed by atoms with Crippen LogP contribution >= 0.6 is 11.3 Å². The van der Waals surface area contributed by atoms with E-state index in [1.54, 1.807) is 12.1 Å². The number of benzene rings is 1. The van der Waals surface area contributed by atoms with Gasteiger partial charge in [0, 0.05) is 17.5 Å². The highest BCUT2D eigenvalue weighted by molar-refractivity contribution is 7.17. The number of thiophene rings is 1. The van der Waals surface area contributed by atoms with E-state index < -0.39 is 11.5 Å². The summed E-state index contributed by atoms with van der Waals surface area (Å²) in [6, 6.07) is 7.32. The minimum Gasteiger partial charge on any atom is -0.478 e. The van der Waals surface area contributed by atoms with Crippen molar-refractivity contribution >= 4 is 39.1 Å². The van der Waals surface area contributed by atoms with E-state index in [0.717, 1.165) is 23.3 Å². The molecule has 27 heavy (non-hydrogen) atoms. The third-order valence-electron chi connectivity index (χ3n) is 4.11. The van der Waals surface area contributed by atoms with Crippen LogP contribution in [0, 0.1) is 6.92 Å². The van der Waals surface area contributed by atoms with Gasteiger partial charge in [0.25, 0.3) is 5.56 Å². The van der Waals surface area contributed by atoms with Gasteiger partial charge in [0.2, 0.25) is 5.91 Å². The molecule has 3 aromatic rings. The summed E-state index contributed by atoms with van der Waals surface area (Å²) < 4.78 is 1.27. The van der Waals surface area contributed by atoms with Crippen molar-refractivity contribution < 1.29 is 14.7 Å². The molecule has 0 bridgehead atoms. The van der Waals surface area contributed by atoms with Crippen molar-refractivity contribution in [3.63, 3.8) is 0 Å². The Balaban J connectivity index is 1.99. The number of rotatable bonds is 6. The number of carbonyl (C=O) groups is 2. The van der Waals surface area contributed by atoms with E-state index in [4.69, 9.17) is 0 Å². The molecule has 2 aromatic heterocycles. The molecule has 1 aromatic carbocycles. The molecule has 0 saturated carbocycles. The van der Waals surface area contributed by atoms with Crippen LogP contribution in [0.2, 0.25) is 0 Å². The van der Waals surface area contributed by atoms with Crippen LogP contribution in [0.4, 0.5) is 5.69 Å². The largest absolute Gasteiger partial charge is 0.478 e. The Labute approximate surface area is 159 Å². The summed E-state index contributed by atoms with van der Waals surface area (Å²) in [7, 11) is 0. The second-order valence-electron chi connectivity index (χ2n) is 6.22. The third kappa shape index (κ3) is 3.90. The summed E-state index contributed by atoms with van der Waals surface area (Å²) >= 11 is 1.12. The van der Waals surface area contributed by atoms with Gasteiger partial charge in [0.15, 0.2) is 0 Å². The minimum absolute atomic E-state index is 0.0514. The quantitative estimate of drug-likeness (QED) is 0.679. The molecule has 8 heteroatoms. The molecule has 7 nitrogen and oxygen atoms in total. The number of carboxylic acids is 1. The zero-order valence-corrected chi connectivity index (χ0v) is 15.8. The molecule has 2 heterocycles. The van der Waals surface area contributed by atoms with Gasteiger partial charge in [-0.25, -0.2) is 9.78 Å². The summed E-state index contributed by atoms with van der Waals surface area (Å²) in [5.74, 6) is -1.07. The lowest BCUT2D eigenvalue weighted by atomic mass is 10.2. The number of nitrogens with zero attached hydrogens (tertiary/aromatic N) is 2. The monoisotopic (exact) mass is 385 g/mol. The van der Waals surface area contributed by atoms with Crippen molar-refractivity contribution in [2.45, 2.75) is 33.2 Å². The van der Waals surface area contributed by atoms with Crippen LogP contribution in [0.3, 0.4) is 0 Å². The molecule has 1 amide bonds. The van der Waals surface area contributed by atoms with Crippen LogP contribution in [0.25, 0.3) is 10.2 Å². The molecule has 0 atom stereocenters. The Kier molecular flexibility index (Phi) is 5.36. The molecular formula is C19H19N3O4S.